The summed E-state index contributed by atoms with van der Waals surface area (Å²) in [6.45, 7) is 0.843. The molecule has 0 aliphatic heterocycles. The van der Waals surface area contributed by atoms with Gasteiger partial charge in [-0.05, 0) is 104 Å². The monoisotopic (exact) mass is 794 g/mol. The molecule has 0 aliphatic carbocycles. The average Bonchev–Trinajstić information content (AvgIpc) is 4.01. The first-order valence-electron chi connectivity index (χ1n) is 16.3. The van der Waals surface area contributed by atoms with Crippen LogP contribution in [0.25, 0.3) is 34.2 Å². The summed E-state index contributed by atoms with van der Waals surface area (Å²) >= 11 is 12.9. The van der Waals surface area contributed by atoms with Gasteiger partial charge in [-0.1, -0.05) is 59.6 Å². The van der Waals surface area contributed by atoms with Crippen molar-refractivity contribution in [3.05, 3.63) is 131 Å². The minimum absolute atomic E-state index is 0.409. The van der Waals surface area contributed by atoms with Crippen LogP contribution < -0.4 is 9.47 Å². The van der Waals surface area contributed by atoms with Gasteiger partial charge in [-0.3, -0.25) is 0 Å². The lowest BCUT2D eigenvalue weighted by molar-refractivity contribution is 0.414. The van der Waals surface area contributed by atoms with Crippen LogP contribution in [-0.4, -0.2) is 74.2 Å². The summed E-state index contributed by atoms with van der Waals surface area (Å²) in [5, 5.41) is 39.1. The second kappa shape index (κ2) is 15.7. The van der Waals surface area contributed by atoms with Crippen molar-refractivity contribution in [3.8, 4) is 45.6 Å². The number of rotatable bonds is 13. The van der Waals surface area contributed by atoms with Crippen molar-refractivity contribution in [2.75, 3.05) is 14.2 Å². The van der Waals surface area contributed by atoms with E-state index in [1.165, 1.54) is 21.6 Å². The van der Waals surface area contributed by atoms with Gasteiger partial charge in [-0.25, -0.2) is 9.36 Å². The Hall–Kier alpha value is -5.68. The molecule has 0 saturated carbocycles. The summed E-state index contributed by atoms with van der Waals surface area (Å²) in [7, 11) is 6.15. The normalized spacial score (nSPS) is 11.3. The summed E-state index contributed by atoms with van der Waals surface area (Å²) in [6.07, 6.45) is 3.44. The van der Waals surface area contributed by atoms with Gasteiger partial charge in [0.05, 0.1) is 62.2 Å². The van der Waals surface area contributed by atoms with Crippen LogP contribution in [0, 0.1) is 0 Å². The van der Waals surface area contributed by atoms with E-state index in [4.69, 9.17) is 53.1 Å². The Morgan fingerprint density at radius 1 is 0.574 bits per heavy atom. The largest absolute Gasteiger partial charge is 0.497 e. The van der Waals surface area contributed by atoms with E-state index in [0.29, 0.717) is 45.9 Å². The van der Waals surface area contributed by atoms with Crippen molar-refractivity contribution >= 4 is 44.8 Å². The van der Waals surface area contributed by atoms with Gasteiger partial charge < -0.3 is 9.47 Å². The zero-order chi connectivity index (χ0) is 37.0. The number of nitrogens with zero attached hydrogens (tertiary/aromatic N) is 12. The molecule has 0 aliphatic rings. The van der Waals surface area contributed by atoms with Gasteiger partial charge in [0.25, 0.3) is 0 Å². The number of benzene rings is 4. The van der Waals surface area contributed by atoms with E-state index in [9.17, 15) is 0 Å². The Morgan fingerprint density at radius 2 is 1.00 bits per heavy atom. The highest BCUT2D eigenvalue weighted by molar-refractivity contribution is 8.76. The summed E-state index contributed by atoms with van der Waals surface area (Å²) in [5.41, 5.74) is 4.86. The van der Waals surface area contributed by atoms with Gasteiger partial charge in [0.15, 0.2) is 0 Å². The van der Waals surface area contributed by atoms with Crippen molar-refractivity contribution in [1.29, 1.82) is 0 Å². The van der Waals surface area contributed by atoms with Crippen LogP contribution in [0.4, 0.5) is 0 Å². The van der Waals surface area contributed by atoms with Gasteiger partial charge in [-0.15, -0.1) is 20.4 Å². The molecule has 8 rings (SSSR count). The predicted molar refractivity (Wildman–Crippen MR) is 207 cm³/mol. The summed E-state index contributed by atoms with van der Waals surface area (Å²) in [4.78, 5) is 3.09. The number of methoxy groups -OCH3 is 2. The van der Waals surface area contributed by atoms with Crippen LogP contribution in [0.5, 0.6) is 11.5 Å². The first-order valence-corrected chi connectivity index (χ1v) is 19.2. The number of hydrogen-bond acceptors (Lipinski definition) is 12. The van der Waals surface area contributed by atoms with Crippen LogP contribution in [0.15, 0.2) is 120 Å². The lowest BCUT2D eigenvalue weighted by Gasteiger charge is -2.11. The zero-order valence-electron chi connectivity index (χ0n) is 28.6. The van der Waals surface area contributed by atoms with E-state index in [2.05, 4.69) is 20.6 Å². The van der Waals surface area contributed by atoms with Gasteiger partial charge in [0.2, 0.25) is 11.6 Å². The molecule has 0 bridgehead atoms. The number of tetrazole rings is 2. The van der Waals surface area contributed by atoms with Crippen LogP contribution in [0.3, 0.4) is 0 Å². The molecule has 0 unspecified atom stereocenters. The highest BCUT2D eigenvalue weighted by atomic mass is 35.5. The third-order valence-corrected chi connectivity index (χ3v) is 11.0. The molecule has 4 heterocycles. The molecular formula is C36H28Cl2N12O2S2. The van der Waals surface area contributed by atoms with Gasteiger partial charge in [0.1, 0.15) is 21.6 Å². The average molecular weight is 796 g/mol. The summed E-state index contributed by atoms with van der Waals surface area (Å²) in [6, 6.07) is 30.3. The molecule has 8 aromatic rings. The Balaban J connectivity index is 1.14. The van der Waals surface area contributed by atoms with Crippen molar-refractivity contribution in [2.24, 2.45) is 0 Å². The van der Waals surface area contributed by atoms with Crippen molar-refractivity contribution in [2.45, 2.75) is 23.1 Å². The molecule has 270 valence electrons. The quantitative estimate of drug-likeness (QED) is 0.106. The smallest absolute Gasteiger partial charge is 0.209 e. The molecule has 0 atom stereocenters. The van der Waals surface area contributed by atoms with Crippen LogP contribution >= 0.6 is 44.8 Å². The third-order valence-electron chi connectivity index (χ3n) is 8.11. The lowest BCUT2D eigenvalue weighted by Crippen LogP contribution is -2.04. The van der Waals surface area contributed by atoms with Crippen LogP contribution in [0.2, 0.25) is 10.0 Å². The minimum atomic E-state index is 0.409. The molecular weight excluding hydrogens is 768 g/mol. The van der Waals surface area contributed by atoms with E-state index < -0.39 is 0 Å². The molecule has 0 spiro atoms. The number of ether oxygens (including phenoxy) is 2. The van der Waals surface area contributed by atoms with Crippen LogP contribution in [-0.2, 0) is 13.1 Å². The van der Waals surface area contributed by atoms with E-state index >= 15 is 0 Å². The highest BCUT2D eigenvalue weighted by Crippen LogP contribution is 2.46. The Bertz CT molecular complexity index is 2360. The Morgan fingerprint density at radius 3 is 1.39 bits per heavy atom. The first kappa shape index (κ1) is 35.4. The van der Waals surface area contributed by atoms with Crippen LogP contribution in [0.1, 0.15) is 11.1 Å². The molecule has 0 saturated heterocycles. The van der Waals surface area contributed by atoms with Gasteiger partial charge in [0, 0.05) is 10.0 Å². The molecule has 4 aromatic carbocycles. The van der Waals surface area contributed by atoms with Crippen molar-refractivity contribution in [3.63, 3.8) is 0 Å². The van der Waals surface area contributed by atoms with E-state index in [-0.39, 0.29) is 0 Å². The summed E-state index contributed by atoms with van der Waals surface area (Å²) in [5.74, 6) is 2.36. The van der Waals surface area contributed by atoms with Crippen molar-refractivity contribution in [1.82, 2.24) is 60.0 Å². The van der Waals surface area contributed by atoms with E-state index in [1.807, 2.05) is 97.1 Å². The maximum atomic E-state index is 6.44. The number of aromatic nitrogens is 12. The molecule has 18 heteroatoms. The van der Waals surface area contributed by atoms with E-state index in [1.54, 1.807) is 45.6 Å². The molecule has 0 radical (unpaired) electrons. The zero-order valence-corrected chi connectivity index (χ0v) is 31.7. The highest BCUT2D eigenvalue weighted by Gasteiger charge is 2.24. The molecule has 0 N–H and O–H groups in total. The van der Waals surface area contributed by atoms with Gasteiger partial charge in [-0.2, -0.15) is 19.8 Å². The maximum Gasteiger partial charge on any atom is 0.209 e. The molecule has 4 aromatic heterocycles. The Labute approximate surface area is 326 Å². The molecule has 0 fully saturated rings. The van der Waals surface area contributed by atoms with E-state index in [0.717, 1.165) is 44.1 Å². The van der Waals surface area contributed by atoms with Crippen molar-refractivity contribution < 1.29 is 9.47 Å². The second-order valence-corrected chi connectivity index (χ2v) is 14.6. The SMILES string of the molecule is COc1ccc(Cn2nnc(-c3cnn(-c4cccc(Cl)c4)c3SSc3c(-c4nnn(Cc5ccc(OC)cc5)n4)cnn3-c3cccc(Cl)c3)n2)cc1. The molecule has 54 heavy (non-hydrogen) atoms. The predicted octanol–water partition coefficient (Wildman–Crippen LogP) is 7.59. The third kappa shape index (κ3) is 7.68. The fourth-order valence-electron chi connectivity index (χ4n) is 5.43. The first-order chi connectivity index (χ1) is 26.4. The maximum absolute atomic E-state index is 6.44. The fraction of sp³-hybridized carbons (Fsp3) is 0.111. The summed E-state index contributed by atoms with van der Waals surface area (Å²) < 4.78 is 14.2. The number of halogens is 2. The molecule has 14 nitrogen and oxygen atoms in total. The standard InChI is InChI=1S/C36H28Cl2N12O2S2/c1-51-29-13-9-23(10-14-29)21-47-43-33(41-45-47)31-19-39-49(27-7-3-5-25(37)17-27)35(31)53-54-36-32(20-40-50(36)28-8-4-6-26(38)18-28)34-42-46-48(44-34)22-24-11-15-30(52-2)16-12-24/h3-20H,21-22H2,1-2H3. The molecule has 0 amide bonds. The topological polar surface area (TPSA) is 141 Å². The minimum Gasteiger partial charge on any atom is -0.497 e. The lowest BCUT2D eigenvalue weighted by atomic mass is 10.2. The Kier molecular flexibility index (Phi) is 10.3. The fourth-order valence-corrected chi connectivity index (χ4v) is 8.31. The second-order valence-electron chi connectivity index (χ2n) is 11.7. The van der Waals surface area contributed by atoms with Gasteiger partial charge >= 0.3 is 0 Å². The number of hydrogen-bond donors (Lipinski definition) is 0.